The maximum Gasteiger partial charge on any atom is 0.365 e. The second kappa shape index (κ2) is 13.0. The van der Waals surface area contributed by atoms with E-state index in [1.165, 1.54) is 55.0 Å². The number of nitrogens with zero attached hydrogens (tertiary/aromatic N) is 2. The number of halogens is 2. The molecule has 5 rings (SSSR count). The Morgan fingerprint density at radius 3 is 1.90 bits per heavy atom. The average Bonchev–Trinajstić information content (AvgIpc) is 2.98. The van der Waals surface area contributed by atoms with E-state index in [0.29, 0.717) is 46.7 Å². The molecule has 2 heterocycles. The van der Waals surface area contributed by atoms with Gasteiger partial charge >= 0.3 is 11.9 Å². The molecule has 0 N–H and O–H groups in total. The normalized spacial score (nSPS) is 13.8. The summed E-state index contributed by atoms with van der Waals surface area (Å²) in [6.07, 6.45) is 8.34. The van der Waals surface area contributed by atoms with E-state index in [2.05, 4.69) is 16.9 Å². The largest absolute Gasteiger partial charge is 0.493 e. The maximum absolute atomic E-state index is 14.1. The van der Waals surface area contributed by atoms with Gasteiger partial charge in [-0.15, -0.1) is 0 Å². The Bertz CT molecular complexity index is 1570. The molecule has 0 aliphatic heterocycles. The lowest BCUT2D eigenvalue weighted by atomic mass is 9.90. The summed E-state index contributed by atoms with van der Waals surface area (Å²) in [7, 11) is 0. The lowest BCUT2D eigenvalue weighted by Crippen LogP contribution is -2.17. The predicted molar refractivity (Wildman–Crippen MR) is 150 cm³/mol. The van der Waals surface area contributed by atoms with Crippen molar-refractivity contribution in [1.82, 2.24) is 9.97 Å². The molecule has 0 atom stereocenters. The Balaban J connectivity index is 1.39. The third kappa shape index (κ3) is 6.96. The summed E-state index contributed by atoms with van der Waals surface area (Å²) in [4.78, 5) is 34.7. The molecule has 1 aliphatic rings. The second-order valence-corrected chi connectivity index (χ2v) is 10.4. The van der Waals surface area contributed by atoms with Gasteiger partial charge in [0, 0.05) is 22.9 Å². The summed E-state index contributed by atoms with van der Waals surface area (Å²) in [6.45, 7) is 2.88. The predicted octanol–water partition coefficient (Wildman–Crippen LogP) is 7.59. The minimum Gasteiger partial charge on any atom is -0.493 e. The van der Waals surface area contributed by atoms with Crippen molar-refractivity contribution in [3.8, 4) is 11.5 Å². The van der Waals surface area contributed by atoms with E-state index >= 15 is 0 Å². The molecule has 0 unspecified atom stereocenters. The number of carbonyl (C=O) groups excluding carboxylic acids is 2. The number of benzene rings is 2. The number of esters is 2. The summed E-state index contributed by atoms with van der Waals surface area (Å²) in [5.41, 5.74) is 0.332. The highest BCUT2D eigenvalue weighted by atomic mass is 19.1. The van der Waals surface area contributed by atoms with E-state index in [1.807, 2.05) is 0 Å². The lowest BCUT2D eigenvalue weighted by molar-refractivity contribution is 0.0389. The van der Waals surface area contributed by atoms with Gasteiger partial charge in [-0.05, 0) is 61.6 Å². The first-order valence-corrected chi connectivity index (χ1v) is 14.1. The first kappa shape index (κ1) is 28.4. The molecule has 1 saturated carbocycles. The first-order chi connectivity index (χ1) is 19.9. The Hall–Kier alpha value is -4.14. The lowest BCUT2D eigenvalue weighted by Gasteiger charge is -2.22. The van der Waals surface area contributed by atoms with Crippen molar-refractivity contribution in [2.45, 2.75) is 58.3 Å². The zero-order valence-corrected chi connectivity index (χ0v) is 23.0. The first-order valence-electron chi connectivity index (χ1n) is 14.1. The van der Waals surface area contributed by atoms with Gasteiger partial charge in [0.25, 0.3) is 0 Å². The quantitative estimate of drug-likeness (QED) is 0.112. The number of carbonyl (C=O) groups is 2. The molecule has 0 amide bonds. The number of hydrogen-bond acceptors (Lipinski definition) is 7. The number of fused-ring (bicyclic) bond motifs is 2. The fourth-order valence-electron chi connectivity index (χ4n) is 5.07. The van der Waals surface area contributed by atoms with E-state index in [1.54, 1.807) is 0 Å². The van der Waals surface area contributed by atoms with Gasteiger partial charge in [0.05, 0.1) is 24.2 Å². The van der Waals surface area contributed by atoms with Crippen molar-refractivity contribution in [3.05, 3.63) is 71.6 Å². The monoisotopic (exact) mass is 562 g/mol. The molecule has 0 radical (unpaired) electrons. The van der Waals surface area contributed by atoms with Gasteiger partial charge in [0.15, 0.2) is 11.4 Å². The molecule has 1 fully saturated rings. The average molecular weight is 563 g/mol. The molecule has 0 bridgehead atoms. The van der Waals surface area contributed by atoms with Crippen LogP contribution in [0.2, 0.25) is 0 Å². The summed E-state index contributed by atoms with van der Waals surface area (Å²) < 4.78 is 45.1. The standard InChI is InChI=1S/C32H32F2N2O5/c1-2-3-7-14-39-29-17-27(35-25-12-10-21(33)15-23(25)29)31(37)41-32(38)28-18-30(40-19-20-8-5-4-6-9-20)24-16-22(34)11-13-26(24)36-28/h10-13,15-18,20H,2-9,14,19H2,1H3. The molecule has 2 aromatic carbocycles. The summed E-state index contributed by atoms with van der Waals surface area (Å²) in [5.74, 6) is -1.99. The van der Waals surface area contributed by atoms with Crippen LogP contribution in [0.25, 0.3) is 21.8 Å². The molecule has 214 valence electrons. The van der Waals surface area contributed by atoms with Crippen molar-refractivity contribution in [2.24, 2.45) is 5.92 Å². The van der Waals surface area contributed by atoms with Crippen LogP contribution in [-0.4, -0.2) is 35.1 Å². The molecular weight excluding hydrogens is 530 g/mol. The van der Waals surface area contributed by atoms with Gasteiger partial charge in [-0.25, -0.2) is 28.3 Å². The van der Waals surface area contributed by atoms with Gasteiger partial charge in [-0.2, -0.15) is 0 Å². The Morgan fingerprint density at radius 2 is 1.34 bits per heavy atom. The third-order valence-electron chi connectivity index (χ3n) is 7.27. The SMILES string of the molecule is CCCCCOc1cc(C(=O)OC(=O)c2cc(OCC3CCCCC3)c3cc(F)ccc3n2)nc2ccc(F)cc12. The minimum atomic E-state index is -1.01. The van der Waals surface area contributed by atoms with Crippen LogP contribution in [0, 0.1) is 17.6 Å². The molecule has 0 spiro atoms. The molecule has 1 aliphatic carbocycles. The smallest absolute Gasteiger partial charge is 0.365 e. The van der Waals surface area contributed by atoms with E-state index in [9.17, 15) is 18.4 Å². The van der Waals surface area contributed by atoms with Gasteiger partial charge < -0.3 is 14.2 Å². The molecule has 9 heteroatoms. The topological polar surface area (TPSA) is 87.6 Å². The number of aromatic nitrogens is 2. The van der Waals surface area contributed by atoms with Gasteiger partial charge in [-0.1, -0.05) is 39.0 Å². The maximum atomic E-state index is 14.1. The fraction of sp³-hybridized carbons (Fsp3) is 0.375. The number of rotatable bonds is 10. The molecular formula is C32H32F2N2O5. The Kier molecular flexibility index (Phi) is 9.01. The molecule has 7 nitrogen and oxygen atoms in total. The van der Waals surface area contributed by atoms with Crippen LogP contribution in [-0.2, 0) is 4.74 Å². The highest BCUT2D eigenvalue weighted by Gasteiger charge is 2.23. The van der Waals surface area contributed by atoms with Crippen molar-refractivity contribution >= 4 is 33.7 Å². The Labute approximate surface area is 236 Å². The molecule has 41 heavy (non-hydrogen) atoms. The van der Waals surface area contributed by atoms with Gasteiger partial charge in [0.2, 0.25) is 0 Å². The van der Waals surface area contributed by atoms with E-state index < -0.39 is 23.6 Å². The fourth-order valence-corrected chi connectivity index (χ4v) is 5.07. The number of pyridine rings is 2. The van der Waals surface area contributed by atoms with Crippen molar-refractivity contribution in [2.75, 3.05) is 13.2 Å². The van der Waals surface area contributed by atoms with Crippen LogP contribution in [0.5, 0.6) is 11.5 Å². The minimum absolute atomic E-state index is 0.157. The number of ether oxygens (including phenoxy) is 3. The molecule has 2 aromatic heterocycles. The highest BCUT2D eigenvalue weighted by Crippen LogP contribution is 2.31. The van der Waals surface area contributed by atoms with E-state index in [-0.39, 0.29) is 17.1 Å². The summed E-state index contributed by atoms with van der Waals surface area (Å²) in [5, 5.41) is 0.838. The highest BCUT2D eigenvalue weighted by molar-refractivity contribution is 6.03. The van der Waals surface area contributed by atoms with Crippen LogP contribution in [0.4, 0.5) is 8.78 Å². The summed E-state index contributed by atoms with van der Waals surface area (Å²) >= 11 is 0. The molecule has 0 saturated heterocycles. The third-order valence-corrected chi connectivity index (χ3v) is 7.27. The van der Waals surface area contributed by atoms with Crippen LogP contribution >= 0.6 is 0 Å². The van der Waals surface area contributed by atoms with Crippen LogP contribution in [0.1, 0.15) is 79.3 Å². The zero-order valence-electron chi connectivity index (χ0n) is 23.0. The van der Waals surface area contributed by atoms with Crippen LogP contribution in [0.15, 0.2) is 48.5 Å². The van der Waals surface area contributed by atoms with Gasteiger partial charge in [-0.3, -0.25) is 0 Å². The van der Waals surface area contributed by atoms with E-state index in [4.69, 9.17) is 14.2 Å². The number of unbranched alkanes of at least 4 members (excludes halogenated alkanes) is 2. The van der Waals surface area contributed by atoms with Crippen molar-refractivity contribution < 1.29 is 32.6 Å². The number of hydrogen-bond donors (Lipinski definition) is 0. The van der Waals surface area contributed by atoms with Crippen molar-refractivity contribution in [1.29, 1.82) is 0 Å². The van der Waals surface area contributed by atoms with Crippen LogP contribution in [0.3, 0.4) is 0 Å². The molecule has 4 aromatic rings. The van der Waals surface area contributed by atoms with Crippen molar-refractivity contribution in [3.63, 3.8) is 0 Å². The Morgan fingerprint density at radius 1 is 0.780 bits per heavy atom. The van der Waals surface area contributed by atoms with Gasteiger partial charge in [0.1, 0.15) is 23.1 Å². The van der Waals surface area contributed by atoms with Crippen LogP contribution < -0.4 is 9.47 Å². The summed E-state index contributed by atoms with van der Waals surface area (Å²) in [6, 6.07) is 10.7. The zero-order chi connectivity index (χ0) is 28.8. The van der Waals surface area contributed by atoms with E-state index in [0.717, 1.165) is 44.9 Å². The second-order valence-electron chi connectivity index (χ2n) is 10.4.